The van der Waals surface area contributed by atoms with Crippen molar-refractivity contribution in [3.63, 3.8) is 0 Å². The zero-order valence-corrected chi connectivity index (χ0v) is 33.9. The van der Waals surface area contributed by atoms with Gasteiger partial charge < -0.3 is 0 Å². The minimum atomic E-state index is -0.156. The van der Waals surface area contributed by atoms with Gasteiger partial charge in [0.05, 0.1) is 11.2 Å². The summed E-state index contributed by atoms with van der Waals surface area (Å²) < 4.78 is 0. The first-order valence-corrected chi connectivity index (χ1v) is 20.4. The summed E-state index contributed by atoms with van der Waals surface area (Å²) in [5.74, 6) is 1.74. The fourth-order valence-electron chi connectivity index (χ4n) is 8.76. The van der Waals surface area contributed by atoms with Crippen molar-refractivity contribution in [3.8, 4) is 56.3 Å². The van der Waals surface area contributed by atoms with Crippen molar-refractivity contribution >= 4 is 28.1 Å². The normalized spacial score (nSPS) is 13.5. The van der Waals surface area contributed by atoms with Crippen LogP contribution in [0.3, 0.4) is 0 Å². The minimum absolute atomic E-state index is 0.156. The first-order valence-electron chi connectivity index (χ1n) is 20.4. The molecule has 2 heterocycles. The van der Waals surface area contributed by atoms with E-state index >= 15 is 0 Å². The molecular weight excluding hydrogens is 729 g/mol. The maximum Gasteiger partial charge on any atom is 0.164 e. The Morgan fingerprint density at radius 1 is 0.500 bits per heavy atom. The lowest BCUT2D eigenvalue weighted by molar-refractivity contribution is 0.661. The summed E-state index contributed by atoms with van der Waals surface area (Å²) in [5, 5.41) is 3.23. The van der Waals surface area contributed by atoms with Crippen molar-refractivity contribution in [1.82, 2.24) is 19.9 Å². The molecule has 4 nitrogen and oxygen atoms in total. The molecule has 9 aromatic rings. The summed E-state index contributed by atoms with van der Waals surface area (Å²) in [7, 11) is 0. The Hall–Kier alpha value is -7.56. The first kappa shape index (κ1) is 36.8. The average molecular weight is 771 g/mol. The van der Waals surface area contributed by atoms with Crippen LogP contribution in [0.1, 0.15) is 43.3 Å². The van der Waals surface area contributed by atoms with Crippen LogP contribution in [0, 0.1) is 0 Å². The number of rotatable bonds is 7. The number of hydrogen-bond acceptors (Lipinski definition) is 4. The molecular formula is C56H42N4. The number of benzene rings is 7. The van der Waals surface area contributed by atoms with Gasteiger partial charge in [-0.15, -0.1) is 0 Å². The monoisotopic (exact) mass is 770 g/mol. The summed E-state index contributed by atoms with van der Waals surface area (Å²) in [6.45, 7) is 11.4. The van der Waals surface area contributed by atoms with Gasteiger partial charge in [0.2, 0.25) is 0 Å². The van der Waals surface area contributed by atoms with E-state index in [2.05, 4.69) is 155 Å². The third-order valence-electron chi connectivity index (χ3n) is 11.9. The molecule has 2 aromatic heterocycles. The summed E-state index contributed by atoms with van der Waals surface area (Å²) in [6.07, 6.45) is 2.10. The Kier molecular flexibility index (Phi) is 9.18. The molecule has 0 unspecified atom stereocenters. The highest BCUT2D eigenvalue weighted by Gasteiger charge is 2.36. The van der Waals surface area contributed by atoms with E-state index in [0.717, 1.165) is 66.0 Å². The van der Waals surface area contributed by atoms with Gasteiger partial charge in [0.15, 0.2) is 17.5 Å². The lowest BCUT2D eigenvalue weighted by Gasteiger charge is -2.22. The number of pyridine rings is 1. The highest BCUT2D eigenvalue weighted by atomic mass is 15.0. The summed E-state index contributed by atoms with van der Waals surface area (Å²) in [6, 6.07) is 63.6. The smallest absolute Gasteiger partial charge is 0.164 e. The first-order chi connectivity index (χ1) is 29.3. The molecule has 1 aliphatic carbocycles. The zero-order chi connectivity index (χ0) is 40.8. The fraction of sp³-hybridized carbons (Fsp3) is 0.0714. The lowest BCUT2D eigenvalue weighted by Crippen LogP contribution is -2.26. The number of nitrogens with zero attached hydrogens (tertiary/aromatic N) is 4. The number of hydrogen-bond donors (Lipinski definition) is 0. The second kappa shape index (κ2) is 15.0. The number of aromatic nitrogens is 4. The van der Waals surface area contributed by atoms with Crippen LogP contribution in [0.4, 0.5) is 0 Å². The maximum atomic E-state index is 5.49. The van der Waals surface area contributed by atoms with Gasteiger partial charge in [0.1, 0.15) is 0 Å². The summed E-state index contributed by atoms with van der Waals surface area (Å²) in [5.41, 5.74) is 15.1. The molecule has 0 atom stereocenters. The number of allylic oxidation sites excluding steroid dienone is 1. The van der Waals surface area contributed by atoms with E-state index in [-0.39, 0.29) is 5.41 Å². The molecule has 0 amide bonds. The van der Waals surface area contributed by atoms with Crippen molar-refractivity contribution in [1.29, 1.82) is 0 Å². The Bertz CT molecular complexity index is 3180. The highest BCUT2D eigenvalue weighted by molar-refractivity contribution is 6.00. The van der Waals surface area contributed by atoms with Crippen molar-refractivity contribution < 1.29 is 0 Å². The van der Waals surface area contributed by atoms with Crippen LogP contribution in [-0.4, -0.2) is 19.9 Å². The minimum Gasteiger partial charge on any atom is -0.248 e. The molecule has 286 valence electrons. The van der Waals surface area contributed by atoms with Crippen LogP contribution in [0.2, 0.25) is 0 Å². The van der Waals surface area contributed by atoms with Crippen molar-refractivity contribution in [2.45, 2.75) is 26.2 Å². The second-order valence-electron chi connectivity index (χ2n) is 16.0. The average Bonchev–Trinajstić information content (AvgIpc) is 3.53. The molecule has 10 rings (SSSR count). The van der Waals surface area contributed by atoms with Gasteiger partial charge in [0, 0.05) is 33.1 Å². The lowest BCUT2D eigenvalue weighted by atomic mass is 9.82. The van der Waals surface area contributed by atoms with Gasteiger partial charge >= 0.3 is 0 Å². The van der Waals surface area contributed by atoms with Crippen LogP contribution in [0.5, 0.6) is 0 Å². The quantitative estimate of drug-likeness (QED) is 0.162. The molecule has 0 bridgehead atoms. The fourth-order valence-corrected chi connectivity index (χ4v) is 8.76. The van der Waals surface area contributed by atoms with Gasteiger partial charge in [-0.3, -0.25) is 0 Å². The van der Waals surface area contributed by atoms with Crippen LogP contribution in [-0.2, 0) is 5.41 Å². The summed E-state index contributed by atoms with van der Waals surface area (Å²) >= 11 is 0. The van der Waals surface area contributed by atoms with Crippen LogP contribution in [0.15, 0.2) is 189 Å². The molecule has 0 aliphatic heterocycles. The van der Waals surface area contributed by atoms with Gasteiger partial charge in [-0.2, -0.15) is 0 Å². The Labute approximate surface area is 350 Å². The van der Waals surface area contributed by atoms with E-state index in [9.17, 15) is 0 Å². The molecule has 7 aromatic carbocycles. The SMILES string of the molecule is C=C(/C=c1/cccc/c1=C(/C)c1cc(-c2ccccc2-c2ccccc2)nc2cc3c(cc12)-c1ccccc1C3(C)C)c1nc(-c2ccccc2)nc(-c2ccccc2)n1. The zero-order valence-electron chi connectivity index (χ0n) is 33.9. The topological polar surface area (TPSA) is 51.6 Å². The van der Waals surface area contributed by atoms with E-state index in [0.29, 0.717) is 23.0 Å². The third-order valence-corrected chi connectivity index (χ3v) is 11.9. The van der Waals surface area contributed by atoms with Gasteiger partial charge in [-0.1, -0.05) is 184 Å². The predicted octanol–water partition coefficient (Wildman–Crippen LogP) is 12.1. The summed E-state index contributed by atoms with van der Waals surface area (Å²) in [4.78, 5) is 20.3. The van der Waals surface area contributed by atoms with Crippen LogP contribution >= 0.6 is 0 Å². The molecule has 4 heteroatoms. The van der Waals surface area contributed by atoms with Gasteiger partial charge in [-0.25, -0.2) is 19.9 Å². The van der Waals surface area contributed by atoms with Crippen molar-refractivity contribution in [3.05, 3.63) is 222 Å². The van der Waals surface area contributed by atoms with E-state index in [1.807, 2.05) is 60.7 Å². The van der Waals surface area contributed by atoms with E-state index < -0.39 is 0 Å². The molecule has 60 heavy (non-hydrogen) atoms. The van der Waals surface area contributed by atoms with E-state index in [4.69, 9.17) is 19.9 Å². The number of fused-ring (bicyclic) bond motifs is 4. The largest absolute Gasteiger partial charge is 0.248 e. The molecule has 0 spiro atoms. The van der Waals surface area contributed by atoms with E-state index in [1.54, 1.807) is 0 Å². The molecule has 0 N–H and O–H groups in total. The third kappa shape index (κ3) is 6.53. The Balaban J connectivity index is 1.20. The highest BCUT2D eigenvalue weighted by Crippen LogP contribution is 2.50. The molecule has 0 saturated heterocycles. The van der Waals surface area contributed by atoms with Crippen molar-refractivity contribution in [2.75, 3.05) is 0 Å². The molecule has 1 aliphatic rings. The Morgan fingerprint density at radius 3 is 1.72 bits per heavy atom. The maximum absolute atomic E-state index is 5.49. The van der Waals surface area contributed by atoms with E-state index in [1.165, 1.54) is 22.3 Å². The van der Waals surface area contributed by atoms with Gasteiger partial charge in [0.25, 0.3) is 0 Å². The van der Waals surface area contributed by atoms with Crippen LogP contribution < -0.4 is 10.4 Å². The predicted molar refractivity (Wildman–Crippen MR) is 248 cm³/mol. The molecule has 0 saturated carbocycles. The van der Waals surface area contributed by atoms with Crippen molar-refractivity contribution in [2.24, 2.45) is 0 Å². The Morgan fingerprint density at radius 2 is 1.05 bits per heavy atom. The van der Waals surface area contributed by atoms with Gasteiger partial charge in [-0.05, 0) is 86.2 Å². The second-order valence-corrected chi connectivity index (χ2v) is 16.0. The standard InChI is InChI=1S/C56H42N4/c1-36(53-58-54(39-22-10-6-11-23-39)60-55(59-53)40-24-12-7-13-25-40)32-41-26-14-15-27-42(41)37(2)46-34-51(45-30-17-16-28-43(45)38-20-8-5-9-21-38)57-52-35-50-47(33-48(46)52)44-29-18-19-31-49(44)56(50,3)4/h5-35H,1H2,2-4H3/b41-32-,42-37+. The van der Waals surface area contributed by atoms with Crippen LogP contribution in [0.25, 0.3) is 84.4 Å². The molecule has 0 fully saturated rings. The molecule has 0 radical (unpaired) electrons.